The quantitative estimate of drug-likeness (QED) is 0.899. The molecule has 1 aromatic heterocycles. The standard InChI is InChI=1S/C14H16N2O2/c1-14(2,10-13(17)18)11-5-3-6-12(9-11)16-8-4-7-15-16/h3-9H,10H2,1-2H3,(H,17,18). The Morgan fingerprint density at radius 3 is 2.78 bits per heavy atom. The Hall–Kier alpha value is -2.10. The van der Waals surface area contributed by atoms with Crippen LogP contribution in [0.5, 0.6) is 0 Å². The van der Waals surface area contributed by atoms with Crippen LogP contribution in [-0.4, -0.2) is 20.9 Å². The SMILES string of the molecule is CC(C)(CC(=O)O)c1cccc(-n2cccn2)c1. The molecule has 0 saturated carbocycles. The fourth-order valence-corrected chi connectivity index (χ4v) is 1.97. The van der Waals surface area contributed by atoms with Crippen molar-refractivity contribution >= 4 is 5.97 Å². The van der Waals surface area contributed by atoms with E-state index in [0.29, 0.717) is 0 Å². The average Bonchev–Trinajstić information content (AvgIpc) is 2.81. The predicted octanol–water partition coefficient (Wildman–Crippen LogP) is 2.62. The van der Waals surface area contributed by atoms with Crippen LogP contribution in [0.4, 0.5) is 0 Å². The highest BCUT2D eigenvalue weighted by atomic mass is 16.4. The molecule has 0 unspecified atom stereocenters. The topological polar surface area (TPSA) is 55.1 Å². The minimum atomic E-state index is -0.788. The van der Waals surface area contributed by atoms with Gasteiger partial charge in [0.05, 0.1) is 12.1 Å². The lowest BCUT2D eigenvalue weighted by molar-refractivity contribution is -0.138. The lowest BCUT2D eigenvalue weighted by Crippen LogP contribution is -2.21. The molecule has 4 nitrogen and oxygen atoms in total. The van der Waals surface area contributed by atoms with Crippen molar-refractivity contribution in [3.63, 3.8) is 0 Å². The van der Waals surface area contributed by atoms with Gasteiger partial charge in [0, 0.05) is 17.8 Å². The molecule has 1 aromatic carbocycles. The Bertz CT molecular complexity index is 545. The van der Waals surface area contributed by atoms with Gasteiger partial charge in [0.2, 0.25) is 0 Å². The number of carbonyl (C=O) groups is 1. The second-order valence-electron chi connectivity index (χ2n) is 4.96. The number of hydrogen-bond donors (Lipinski definition) is 1. The first-order valence-electron chi connectivity index (χ1n) is 5.81. The van der Waals surface area contributed by atoms with Crippen molar-refractivity contribution in [3.8, 4) is 5.69 Å². The highest BCUT2D eigenvalue weighted by Gasteiger charge is 2.24. The number of benzene rings is 1. The maximum Gasteiger partial charge on any atom is 0.304 e. The van der Waals surface area contributed by atoms with Gasteiger partial charge in [0.15, 0.2) is 0 Å². The van der Waals surface area contributed by atoms with Crippen LogP contribution < -0.4 is 0 Å². The Labute approximate surface area is 106 Å². The normalized spacial score (nSPS) is 11.4. The van der Waals surface area contributed by atoms with Crippen molar-refractivity contribution in [2.24, 2.45) is 0 Å². The summed E-state index contributed by atoms with van der Waals surface area (Å²) >= 11 is 0. The van der Waals surface area contributed by atoms with Gasteiger partial charge in [-0.3, -0.25) is 4.79 Å². The monoisotopic (exact) mass is 244 g/mol. The number of carboxylic acid groups (broad SMARTS) is 1. The van der Waals surface area contributed by atoms with Gasteiger partial charge in [-0.05, 0) is 23.8 Å². The molecule has 94 valence electrons. The van der Waals surface area contributed by atoms with Gasteiger partial charge >= 0.3 is 5.97 Å². The van der Waals surface area contributed by atoms with E-state index < -0.39 is 11.4 Å². The number of aromatic nitrogens is 2. The molecule has 1 heterocycles. The van der Waals surface area contributed by atoms with E-state index in [1.54, 1.807) is 10.9 Å². The van der Waals surface area contributed by atoms with Gasteiger partial charge in [-0.15, -0.1) is 0 Å². The van der Waals surface area contributed by atoms with Gasteiger partial charge in [-0.2, -0.15) is 5.10 Å². The van der Waals surface area contributed by atoms with Crippen LogP contribution in [0.3, 0.4) is 0 Å². The lowest BCUT2D eigenvalue weighted by atomic mass is 9.81. The zero-order chi connectivity index (χ0) is 13.2. The Morgan fingerprint density at radius 1 is 1.39 bits per heavy atom. The van der Waals surface area contributed by atoms with E-state index in [2.05, 4.69) is 5.10 Å². The van der Waals surface area contributed by atoms with Crippen molar-refractivity contribution in [2.75, 3.05) is 0 Å². The van der Waals surface area contributed by atoms with E-state index >= 15 is 0 Å². The molecule has 2 rings (SSSR count). The first-order valence-corrected chi connectivity index (χ1v) is 5.81. The van der Waals surface area contributed by atoms with Crippen molar-refractivity contribution in [2.45, 2.75) is 25.7 Å². The first kappa shape index (κ1) is 12.4. The van der Waals surface area contributed by atoms with Gasteiger partial charge in [0.25, 0.3) is 0 Å². The van der Waals surface area contributed by atoms with Crippen molar-refractivity contribution in [3.05, 3.63) is 48.3 Å². The van der Waals surface area contributed by atoms with Crippen LogP contribution in [0.2, 0.25) is 0 Å². The summed E-state index contributed by atoms with van der Waals surface area (Å²) in [6, 6.07) is 9.67. The van der Waals surface area contributed by atoms with Gasteiger partial charge in [-0.25, -0.2) is 4.68 Å². The molecule has 2 aromatic rings. The molecule has 18 heavy (non-hydrogen) atoms. The summed E-state index contributed by atoms with van der Waals surface area (Å²) in [5.41, 5.74) is 1.54. The minimum Gasteiger partial charge on any atom is -0.481 e. The maximum absolute atomic E-state index is 10.9. The molecule has 0 saturated heterocycles. The van der Waals surface area contributed by atoms with E-state index in [4.69, 9.17) is 5.11 Å². The highest BCUT2D eigenvalue weighted by molar-refractivity contribution is 5.69. The molecule has 1 N–H and O–H groups in total. The number of aliphatic carboxylic acids is 1. The molecule has 0 aliphatic carbocycles. The van der Waals surface area contributed by atoms with E-state index in [1.165, 1.54) is 0 Å². The summed E-state index contributed by atoms with van der Waals surface area (Å²) < 4.78 is 1.76. The summed E-state index contributed by atoms with van der Waals surface area (Å²) in [4.78, 5) is 10.9. The predicted molar refractivity (Wildman–Crippen MR) is 68.8 cm³/mol. The number of nitrogens with zero attached hydrogens (tertiary/aromatic N) is 2. The third kappa shape index (κ3) is 2.59. The molecule has 0 aliphatic rings. The molecule has 0 atom stereocenters. The largest absolute Gasteiger partial charge is 0.481 e. The Kier molecular flexibility index (Phi) is 3.19. The Balaban J connectivity index is 2.35. The summed E-state index contributed by atoms with van der Waals surface area (Å²) in [6.45, 7) is 3.87. The summed E-state index contributed by atoms with van der Waals surface area (Å²) in [7, 11) is 0. The number of hydrogen-bond acceptors (Lipinski definition) is 2. The van der Waals surface area contributed by atoms with Crippen molar-refractivity contribution in [1.82, 2.24) is 9.78 Å². The first-order chi connectivity index (χ1) is 8.49. The zero-order valence-corrected chi connectivity index (χ0v) is 10.5. The zero-order valence-electron chi connectivity index (χ0n) is 10.5. The fourth-order valence-electron chi connectivity index (χ4n) is 1.97. The molecule has 0 bridgehead atoms. The van der Waals surface area contributed by atoms with Crippen LogP contribution >= 0.6 is 0 Å². The average molecular weight is 244 g/mol. The minimum absolute atomic E-state index is 0.107. The molecule has 0 amide bonds. The molecule has 4 heteroatoms. The third-order valence-electron chi connectivity index (χ3n) is 2.99. The Morgan fingerprint density at radius 2 is 2.17 bits per heavy atom. The lowest BCUT2D eigenvalue weighted by Gasteiger charge is -2.23. The van der Waals surface area contributed by atoms with Crippen molar-refractivity contribution in [1.29, 1.82) is 0 Å². The summed E-state index contributed by atoms with van der Waals surface area (Å²) in [5, 5.41) is 13.1. The third-order valence-corrected chi connectivity index (χ3v) is 2.99. The molecule has 0 aliphatic heterocycles. The molecular weight excluding hydrogens is 228 g/mol. The van der Waals surface area contributed by atoms with Gasteiger partial charge < -0.3 is 5.11 Å². The van der Waals surface area contributed by atoms with Crippen LogP contribution in [0, 0.1) is 0 Å². The van der Waals surface area contributed by atoms with Crippen LogP contribution in [0.15, 0.2) is 42.7 Å². The fraction of sp³-hybridized carbons (Fsp3) is 0.286. The van der Waals surface area contributed by atoms with E-state index in [9.17, 15) is 4.79 Å². The second kappa shape index (κ2) is 4.64. The van der Waals surface area contributed by atoms with E-state index in [1.807, 2.05) is 50.4 Å². The molecule has 0 spiro atoms. The van der Waals surface area contributed by atoms with Gasteiger partial charge in [0.1, 0.15) is 0 Å². The molecular formula is C14H16N2O2. The highest BCUT2D eigenvalue weighted by Crippen LogP contribution is 2.28. The second-order valence-corrected chi connectivity index (χ2v) is 4.96. The summed E-state index contributed by atoms with van der Waals surface area (Å²) in [5.74, 6) is -0.788. The molecule has 0 fully saturated rings. The van der Waals surface area contributed by atoms with Crippen molar-refractivity contribution < 1.29 is 9.90 Å². The smallest absolute Gasteiger partial charge is 0.304 e. The number of carboxylic acids is 1. The van der Waals surface area contributed by atoms with Crippen LogP contribution in [-0.2, 0) is 10.2 Å². The summed E-state index contributed by atoms with van der Waals surface area (Å²) in [6.07, 6.45) is 3.69. The number of rotatable bonds is 4. The van der Waals surface area contributed by atoms with Crippen LogP contribution in [0.25, 0.3) is 5.69 Å². The van der Waals surface area contributed by atoms with Crippen LogP contribution in [0.1, 0.15) is 25.8 Å². The van der Waals surface area contributed by atoms with E-state index in [-0.39, 0.29) is 6.42 Å². The van der Waals surface area contributed by atoms with E-state index in [0.717, 1.165) is 11.3 Å². The maximum atomic E-state index is 10.9. The molecule has 0 radical (unpaired) electrons. The van der Waals surface area contributed by atoms with Gasteiger partial charge in [-0.1, -0.05) is 26.0 Å².